The molecule has 0 aliphatic carbocycles. The molecule has 0 atom stereocenters. The first kappa shape index (κ1) is 16.3. The quantitative estimate of drug-likeness (QED) is 0.778. The van der Waals surface area contributed by atoms with E-state index in [0.29, 0.717) is 11.1 Å². The van der Waals surface area contributed by atoms with Gasteiger partial charge in [0.05, 0.1) is 16.8 Å². The molecule has 1 N–H and O–H groups in total. The molecule has 2 heterocycles. The monoisotopic (exact) mass is 355 g/mol. The summed E-state index contributed by atoms with van der Waals surface area (Å²) in [5.41, 5.74) is 0.199. The lowest BCUT2D eigenvalue weighted by atomic mass is 10.0. The fourth-order valence-electron chi connectivity index (χ4n) is 2.29. The molecule has 2 aromatic heterocycles. The van der Waals surface area contributed by atoms with E-state index in [4.69, 9.17) is 16.7 Å². The van der Waals surface area contributed by atoms with E-state index in [1.165, 1.54) is 35.2 Å². The summed E-state index contributed by atoms with van der Waals surface area (Å²) in [5, 5.41) is 12.5. The van der Waals surface area contributed by atoms with Gasteiger partial charge in [0, 0.05) is 18.8 Å². The Morgan fingerprint density at radius 1 is 1.25 bits per heavy atom. The molecule has 0 saturated heterocycles. The van der Waals surface area contributed by atoms with E-state index in [9.17, 15) is 18.0 Å². The second-order valence-corrected chi connectivity index (χ2v) is 5.49. The van der Waals surface area contributed by atoms with Gasteiger partial charge in [-0.05, 0) is 23.3 Å². The van der Waals surface area contributed by atoms with Crippen molar-refractivity contribution in [1.29, 1.82) is 0 Å². The molecule has 9 heteroatoms. The third kappa shape index (κ3) is 3.05. The van der Waals surface area contributed by atoms with Gasteiger partial charge < -0.3 is 5.11 Å². The standard InChI is InChI=1S/C15H9ClF3N3O2/c16-12-2-1-8(4-11(12)15(17,18)19)3-9-5-20-13-10(14(23)24)6-21-22(13)7-9/h1-2,4-7H,3H2,(H,23,24). The third-order valence-corrected chi connectivity index (χ3v) is 3.71. The van der Waals surface area contributed by atoms with Gasteiger partial charge in [0.2, 0.25) is 0 Å². The van der Waals surface area contributed by atoms with E-state index in [1.807, 2.05) is 0 Å². The van der Waals surface area contributed by atoms with Crippen molar-refractivity contribution in [2.45, 2.75) is 12.6 Å². The highest BCUT2D eigenvalue weighted by Crippen LogP contribution is 2.35. The molecule has 5 nitrogen and oxygen atoms in total. The number of fused-ring (bicyclic) bond motifs is 1. The summed E-state index contributed by atoms with van der Waals surface area (Å²) < 4.78 is 39.9. The fourth-order valence-corrected chi connectivity index (χ4v) is 2.52. The maximum absolute atomic E-state index is 12.9. The average Bonchev–Trinajstić information content (AvgIpc) is 2.91. The lowest BCUT2D eigenvalue weighted by Gasteiger charge is -2.11. The topological polar surface area (TPSA) is 67.5 Å². The van der Waals surface area contributed by atoms with Gasteiger partial charge in [-0.15, -0.1) is 0 Å². The number of nitrogens with zero attached hydrogens (tertiary/aromatic N) is 3. The molecule has 3 aromatic rings. The van der Waals surface area contributed by atoms with E-state index < -0.39 is 17.7 Å². The molecule has 0 amide bonds. The first-order valence-corrected chi connectivity index (χ1v) is 7.04. The predicted molar refractivity (Wildman–Crippen MR) is 79.2 cm³/mol. The summed E-state index contributed by atoms with van der Waals surface area (Å²) in [6.45, 7) is 0. The van der Waals surface area contributed by atoms with Crippen LogP contribution >= 0.6 is 11.6 Å². The first-order valence-electron chi connectivity index (χ1n) is 6.67. The van der Waals surface area contributed by atoms with E-state index in [-0.39, 0.29) is 22.7 Å². The zero-order valence-corrected chi connectivity index (χ0v) is 12.6. The molecule has 0 unspecified atom stereocenters. The Morgan fingerprint density at radius 2 is 2.00 bits per heavy atom. The second-order valence-electron chi connectivity index (χ2n) is 5.08. The van der Waals surface area contributed by atoms with Gasteiger partial charge in [0.15, 0.2) is 5.65 Å². The van der Waals surface area contributed by atoms with Crippen LogP contribution in [0.15, 0.2) is 36.8 Å². The summed E-state index contributed by atoms with van der Waals surface area (Å²) in [4.78, 5) is 15.0. The van der Waals surface area contributed by atoms with Crippen molar-refractivity contribution >= 4 is 23.2 Å². The van der Waals surface area contributed by atoms with Crippen LogP contribution in [0.2, 0.25) is 5.02 Å². The van der Waals surface area contributed by atoms with Gasteiger partial charge in [-0.1, -0.05) is 17.7 Å². The van der Waals surface area contributed by atoms with E-state index in [0.717, 1.165) is 6.07 Å². The van der Waals surface area contributed by atoms with Gasteiger partial charge in [-0.2, -0.15) is 18.3 Å². The van der Waals surface area contributed by atoms with E-state index in [1.54, 1.807) is 0 Å². The minimum atomic E-state index is -4.53. The Hall–Kier alpha value is -2.61. The van der Waals surface area contributed by atoms with Crippen LogP contribution in [0.3, 0.4) is 0 Å². The number of halogens is 4. The molecular formula is C15H9ClF3N3O2. The molecule has 1 aromatic carbocycles. The summed E-state index contributed by atoms with van der Waals surface area (Å²) in [6.07, 6.45) is -0.264. The summed E-state index contributed by atoms with van der Waals surface area (Å²) in [6, 6.07) is 3.67. The van der Waals surface area contributed by atoms with E-state index in [2.05, 4.69) is 10.1 Å². The zero-order chi connectivity index (χ0) is 17.5. The number of carboxylic acids is 1. The Bertz CT molecular complexity index is 937. The van der Waals surface area contributed by atoms with Gasteiger partial charge in [0.25, 0.3) is 0 Å². The lowest BCUT2D eigenvalue weighted by Crippen LogP contribution is -2.07. The molecule has 124 valence electrons. The van der Waals surface area contributed by atoms with Crippen molar-refractivity contribution in [2.75, 3.05) is 0 Å². The molecule has 3 rings (SSSR count). The number of carboxylic acid groups (broad SMARTS) is 1. The molecule has 0 fully saturated rings. The number of aromatic nitrogens is 3. The minimum Gasteiger partial charge on any atom is -0.477 e. The Balaban J connectivity index is 1.94. The van der Waals surface area contributed by atoms with Crippen molar-refractivity contribution in [2.24, 2.45) is 0 Å². The maximum atomic E-state index is 12.9. The highest BCUT2D eigenvalue weighted by atomic mass is 35.5. The summed E-state index contributed by atoms with van der Waals surface area (Å²) in [7, 11) is 0. The molecule has 24 heavy (non-hydrogen) atoms. The van der Waals surface area contributed by atoms with E-state index >= 15 is 0 Å². The highest BCUT2D eigenvalue weighted by Gasteiger charge is 2.33. The molecular weight excluding hydrogens is 347 g/mol. The normalized spacial score (nSPS) is 11.8. The maximum Gasteiger partial charge on any atom is 0.417 e. The fraction of sp³-hybridized carbons (Fsp3) is 0.133. The first-order chi connectivity index (χ1) is 11.3. The molecule has 0 saturated carbocycles. The number of alkyl halides is 3. The van der Waals surface area contributed by atoms with Crippen molar-refractivity contribution in [3.63, 3.8) is 0 Å². The third-order valence-electron chi connectivity index (χ3n) is 3.38. The number of hydrogen-bond donors (Lipinski definition) is 1. The van der Waals surface area contributed by atoms with Crippen LogP contribution in [-0.2, 0) is 12.6 Å². The Morgan fingerprint density at radius 3 is 2.67 bits per heavy atom. The Labute approximate surface area is 138 Å². The average molecular weight is 356 g/mol. The number of aromatic carboxylic acids is 1. The van der Waals surface area contributed by atoms with Gasteiger partial charge in [-0.3, -0.25) is 0 Å². The highest BCUT2D eigenvalue weighted by molar-refractivity contribution is 6.31. The number of rotatable bonds is 3. The Kier molecular flexibility index (Phi) is 3.92. The van der Waals surface area contributed by atoms with Crippen LogP contribution in [0.25, 0.3) is 5.65 Å². The smallest absolute Gasteiger partial charge is 0.417 e. The molecule has 0 radical (unpaired) electrons. The van der Waals surface area contributed by atoms with Crippen LogP contribution in [0.5, 0.6) is 0 Å². The predicted octanol–water partition coefficient (Wildman–Crippen LogP) is 3.69. The van der Waals surface area contributed by atoms with Crippen LogP contribution in [0.1, 0.15) is 27.0 Å². The van der Waals surface area contributed by atoms with Crippen molar-refractivity contribution < 1.29 is 23.1 Å². The van der Waals surface area contributed by atoms with Crippen LogP contribution in [0.4, 0.5) is 13.2 Å². The van der Waals surface area contributed by atoms with Crippen molar-refractivity contribution in [3.05, 3.63) is 64.1 Å². The molecule has 0 bridgehead atoms. The van der Waals surface area contributed by atoms with Gasteiger partial charge in [0.1, 0.15) is 5.56 Å². The number of hydrogen-bond acceptors (Lipinski definition) is 3. The van der Waals surface area contributed by atoms with Crippen molar-refractivity contribution in [1.82, 2.24) is 14.6 Å². The minimum absolute atomic E-state index is 0.0487. The zero-order valence-electron chi connectivity index (χ0n) is 11.9. The summed E-state index contributed by atoms with van der Waals surface area (Å²) >= 11 is 5.59. The van der Waals surface area contributed by atoms with Crippen LogP contribution in [0, 0.1) is 0 Å². The lowest BCUT2D eigenvalue weighted by molar-refractivity contribution is -0.137. The van der Waals surface area contributed by atoms with Gasteiger partial charge in [-0.25, -0.2) is 14.3 Å². The summed E-state index contributed by atoms with van der Waals surface area (Å²) in [5.74, 6) is -1.15. The van der Waals surface area contributed by atoms with Crippen LogP contribution in [-0.4, -0.2) is 25.7 Å². The second kappa shape index (κ2) is 5.79. The molecule has 0 aliphatic rings. The van der Waals surface area contributed by atoms with Crippen LogP contribution < -0.4 is 0 Å². The van der Waals surface area contributed by atoms with Gasteiger partial charge >= 0.3 is 12.1 Å². The SMILES string of the molecule is O=C(O)c1cnn2cc(Cc3ccc(Cl)c(C(F)(F)F)c3)cnc12. The van der Waals surface area contributed by atoms with Crippen molar-refractivity contribution in [3.8, 4) is 0 Å². The number of benzene rings is 1. The largest absolute Gasteiger partial charge is 0.477 e. The molecule has 0 aliphatic heterocycles. The number of carbonyl (C=O) groups is 1. The molecule has 0 spiro atoms.